The minimum Gasteiger partial charge on any atom is -0.480 e. The minimum atomic E-state index is -1.08. The van der Waals surface area contributed by atoms with Gasteiger partial charge in [0, 0.05) is 16.5 Å². The molecule has 1 aromatic carbocycles. The second kappa shape index (κ2) is 8.46. The van der Waals surface area contributed by atoms with Crippen LogP contribution in [0.2, 0.25) is 0 Å². The van der Waals surface area contributed by atoms with Gasteiger partial charge in [-0.1, -0.05) is 13.8 Å². The molecule has 0 saturated carbocycles. The minimum absolute atomic E-state index is 0.120. The summed E-state index contributed by atoms with van der Waals surface area (Å²) in [6.07, 6.45) is -0.588. The molecule has 0 aliphatic rings. The van der Waals surface area contributed by atoms with Crippen molar-refractivity contribution in [2.24, 2.45) is 5.92 Å². The predicted octanol–water partition coefficient (Wildman–Crippen LogP) is 3.10. The van der Waals surface area contributed by atoms with E-state index < -0.39 is 29.6 Å². The summed E-state index contributed by atoms with van der Waals surface area (Å²) in [5.74, 6) is -1.08. The lowest BCUT2D eigenvalue weighted by atomic mass is 10.0. The Morgan fingerprint density at radius 3 is 2.32 bits per heavy atom. The summed E-state index contributed by atoms with van der Waals surface area (Å²) in [6, 6.07) is 2.53. The van der Waals surface area contributed by atoms with Gasteiger partial charge in [-0.3, -0.25) is 4.79 Å². The van der Waals surface area contributed by atoms with Crippen molar-refractivity contribution >= 4 is 22.8 Å². The highest BCUT2D eigenvalue weighted by atomic mass is 16.5. The first kappa shape index (κ1) is 21.5. The molecule has 0 saturated heterocycles. The largest absolute Gasteiger partial charge is 0.480 e. The number of carbonyl (C=O) groups excluding carboxylic acids is 1. The third kappa shape index (κ3) is 4.52. The van der Waals surface area contributed by atoms with Gasteiger partial charge in [0.25, 0.3) is 5.91 Å². The number of aliphatic carboxylic acids is 1. The number of carbonyl (C=O) groups is 2. The standard InChI is InChI=1S/C21H27NO6/c1-10(2)9-16(20(24)25)22-19(23)14(6)27-17-8-7-15-11(3)12(4)21(26)28-18(15)13(17)5/h7-8,10,14,16H,9H2,1-6H3,(H,22,23)(H,24,25)/t14-,16+/m1/s1. The first-order valence-electron chi connectivity index (χ1n) is 9.26. The maximum absolute atomic E-state index is 12.4. The Morgan fingerprint density at radius 1 is 1.11 bits per heavy atom. The number of aryl methyl sites for hydroxylation is 2. The van der Waals surface area contributed by atoms with Crippen molar-refractivity contribution < 1.29 is 23.8 Å². The molecule has 28 heavy (non-hydrogen) atoms. The van der Waals surface area contributed by atoms with Crippen molar-refractivity contribution in [2.75, 3.05) is 0 Å². The van der Waals surface area contributed by atoms with Crippen LogP contribution >= 0.6 is 0 Å². The molecule has 2 rings (SSSR count). The van der Waals surface area contributed by atoms with Crippen LogP contribution in [0.15, 0.2) is 21.3 Å². The highest BCUT2D eigenvalue weighted by molar-refractivity contribution is 5.87. The number of ether oxygens (including phenoxy) is 1. The third-order valence-electron chi connectivity index (χ3n) is 4.82. The average Bonchev–Trinajstić information content (AvgIpc) is 2.61. The number of carboxylic acids is 1. The van der Waals surface area contributed by atoms with Gasteiger partial charge in [-0.25, -0.2) is 9.59 Å². The van der Waals surface area contributed by atoms with Crippen LogP contribution in [0, 0.1) is 26.7 Å². The van der Waals surface area contributed by atoms with Crippen molar-refractivity contribution in [1.29, 1.82) is 0 Å². The first-order chi connectivity index (χ1) is 13.0. The smallest absolute Gasteiger partial charge is 0.339 e. The van der Waals surface area contributed by atoms with Crippen LogP contribution in [-0.2, 0) is 9.59 Å². The van der Waals surface area contributed by atoms with E-state index in [-0.39, 0.29) is 5.92 Å². The van der Waals surface area contributed by atoms with Crippen LogP contribution < -0.4 is 15.7 Å². The van der Waals surface area contributed by atoms with E-state index in [0.29, 0.717) is 28.9 Å². The summed E-state index contributed by atoms with van der Waals surface area (Å²) >= 11 is 0. The Kier molecular flexibility index (Phi) is 6.48. The molecule has 7 nitrogen and oxygen atoms in total. The van der Waals surface area contributed by atoms with Crippen LogP contribution in [0.3, 0.4) is 0 Å². The molecule has 1 heterocycles. The fraction of sp³-hybridized carbons (Fsp3) is 0.476. The van der Waals surface area contributed by atoms with Crippen molar-refractivity contribution in [3.63, 3.8) is 0 Å². The van der Waals surface area contributed by atoms with Gasteiger partial charge < -0.3 is 19.6 Å². The molecule has 0 spiro atoms. The van der Waals surface area contributed by atoms with Crippen molar-refractivity contribution in [1.82, 2.24) is 5.32 Å². The highest BCUT2D eigenvalue weighted by Gasteiger charge is 2.25. The van der Waals surface area contributed by atoms with Crippen LogP contribution in [0.1, 0.15) is 43.9 Å². The maximum Gasteiger partial charge on any atom is 0.339 e. The fourth-order valence-electron chi connectivity index (χ4n) is 2.98. The topological polar surface area (TPSA) is 106 Å². The van der Waals surface area contributed by atoms with Crippen LogP contribution in [0.5, 0.6) is 5.75 Å². The molecule has 7 heteroatoms. The van der Waals surface area contributed by atoms with E-state index >= 15 is 0 Å². The lowest BCUT2D eigenvalue weighted by Crippen LogP contribution is -2.46. The Morgan fingerprint density at radius 2 is 1.75 bits per heavy atom. The summed E-state index contributed by atoms with van der Waals surface area (Å²) in [5.41, 5.74) is 2.01. The Hall–Kier alpha value is -2.83. The molecule has 0 aliphatic heterocycles. The molecular formula is C21H27NO6. The van der Waals surface area contributed by atoms with Crippen molar-refractivity contribution in [2.45, 2.75) is 60.1 Å². The molecule has 0 unspecified atom stereocenters. The summed E-state index contributed by atoms with van der Waals surface area (Å²) in [5, 5.41) is 12.6. The van der Waals surface area contributed by atoms with E-state index in [2.05, 4.69) is 5.32 Å². The Balaban J connectivity index is 2.25. The van der Waals surface area contributed by atoms with E-state index in [1.54, 1.807) is 32.9 Å². The SMILES string of the molecule is Cc1c(C)c2ccc(O[C@H](C)C(=O)N[C@@H](CC(C)C)C(=O)O)c(C)c2oc1=O. The summed E-state index contributed by atoms with van der Waals surface area (Å²) in [4.78, 5) is 35.7. The molecule has 2 aromatic rings. The Labute approximate surface area is 163 Å². The van der Waals surface area contributed by atoms with Gasteiger partial charge in [0.15, 0.2) is 6.10 Å². The van der Waals surface area contributed by atoms with Crippen molar-refractivity contribution in [3.05, 3.63) is 39.2 Å². The number of fused-ring (bicyclic) bond motifs is 1. The van der Waals surface area contributed by atoms with Crippen LogP contribution in [-0.4, -0.2) is 29.1 Å². The molecule has 1 amide bonds. The number of benzene rings is 1. The van der Waals surface area contributed by atoms with Crippen LogP contribution in [0.25, 0.3) is 11.0 Å². The van der Waals surface area contributed by atoms with E-state index in [4.69, 9.17) is 9.15 Å². The zero-order valence-corrected chi connectivity index (χ0v) is 17.1. The number of carboxylic acid groups (broad SMARTS) is 1. The van der Waals surface area contributed by atoms with E-state index in [1.165, 1.54) is 0 Å². The van der Waals surface area contributed by atoms with Gasteiger partial charge in [-0.05, 0) is 57.7 Å². The van der Waals surface area contributed by atoms with Gasteiger partial charge in [-0.2, -0.15) is 0 Å². The molecule has 1 aromatic heterocycles. The Bertz CT molecular complexity index is 960. The lowest BCUT2D eigenvalue weighted by Gasteiger charge is -2.21. The van der Waals surface area contributed by atoms with Crippen LogP contribution in [0.4, 0.5) is 0 Å². The average molecular weight is 389 g/mol. The van der Waals surface area contributed by atoms with Crippen molar-refractivity contribution in [3.8, 4) is 5.75 Å². The normalized spacial score (nSPS) is 13.4. The van der Waals surface area contributed by atoms with Gasteiger partial charge in [0.2, 0.25) is 0 Å². The third-order valence-corrected chi connectivity index (χ3v) is 4.82. The highest BCUT2D eigenvalue weighted by Crippen LogP contribution is 2.29. The molecule has 2 N–H and O–H groups in total. The number of nitrogens with one attached hydrogen (secondary N) is 1. The lowest BCUT2D eigenvalue weighted by molar-refractivity contribution is -0.143. The molecule has 0 fully saturated rings. The zero-order valence-electron chi connectivity index (χ0n) is 17.1. The number of hydrogen-bond acceptors (Lipinski definition) is 5. The monoisotopic (exact) mass is 389 g/mol. The quantitative estimate of drug-likeness (QED) is 0.705. The molecule has 0 radical (unpaired) electrons. The molecule has 152 valence electrons. The maximum atomic E-state index is 12.4. The summed E-state index contributed by atoms with van der Waals surface area (Å²) in [6.45, 7) is 10.6. The fourth-order valence-corrected chi connectivity index (χ4v) is 2.98. The summed E-state index contributed by atoms with van der Waals surface area (Å²) < 4.78 is 11.2. The van der Waals surface area contributed by atoms with Gasteiger partial charge in [0.05, 0.1) is 0 Å². The van der Waals surface area contributed by atoms with Gasteiger partial charge in [-0.15, -0.1) is 0 Å². The van der Waals surface area contributed by atoms with E-state index in [1.807, 2.05) is 20.8 Å². The second-order valence-electron chi connectivity index (χ2n) is 7.49. The zero-order chi connectivity index (χ0) is 21.2. The molecule has 0 bridgehead atoms. The predicted molar refractivity (Wildman–Crippen MR) is 106 cm³/mol. The summed E-state index contributed by atoms with van der Waals surface area (Å²) in [7, 11) is 0. The number of hydrogen-bond donors (Lipinski definition) is 2. The van der Waals surface area contributed by atoms with Gasteiger partial charge >= 0.3 is 11.6 Å². The first-order valence-corrected chi connectivity index (χ1v) is 9.26. The molecule has 0 aliphatic carbocycles. The number of rotatable bonds is 7. The van der Waals surface area contributed by atoms with E-state index in [9.17, 15) is 19.5 Å². The number of amides is 1. The molecule has 2 atom stereocenters. The second-order valence-corrected chi connectivity index (χ2v) is 7.49. The molecular weight excluding hydrogens is 362 g/mol. The van der Waals surface area contributed by atoms with E-state index in [0.717, 1.165) is 10.9 Å². The van der Waals surface area contributed by atoms with Gasteiger partial charge in [0.1, 0.15) is 17.4 Å².